The molecule has 0 radical (unpaired) electrons. The molecule has 3 nitrogen and oxygen atoms in total. The van der Waals surface area contributed by atoms with E-state index in [2.05, 4.69) is 0 Å². The minimum atomic E-state index is -0.524. The summed E-state index contributed by atoms with van der Waals surface area (Å²) in [6.45, 7) is 5.86. The summed E-state index contributed by atoms with van der Waals surface area (Å²) in [7, 11) is 3.61. The third-order valence-electron chi connectivity index (χ3n) is 4.09. The molecule has 0 aliphatic rings. The summed E-state index contributed by atoms with van der Waals surface area (Å²) in [5.74, 6) is -0.366. The number of benzene rings is 1. The van der Waals surface area contributed by atoms with Gasteiger partial charge in [-0.2, -0.15) is 0 Å². The van der Waals surface area contributed by atoms with E-state index in [1.54, 1.807) is 49.5 Å². The van der Waals surface area contributed by atoms with Crippen LogP contribution in [0.3, 0.4) is 0 Å². The van der Waals surface area contributed by atoms with Crippen molar-refractivity contribution < 1.29 is 9.59 Å². The average Bonchev–Trinajstić information content (AvgIpc) is 2.51. The van der Waals surface area contributed by atoms with E-state index >= 15 is 0 Å². The van der Waals surface area contributed by atoms with Crippen LogP contribution in [0.15, 0.2) is 36.0 Å². The molecular formula is C18H24ClNO2. The minimum absolute atomic E-state index is 0.105. The van der Waals surface area contributed by atoms with Gasteiger partial charge in [-0.15, -0.1) is 0 Å². The normalized spacial score (nSPS) is 12.2. The van der Waals surface area contributed by atoms with Gasteiger partial charge in [-0.3, -0.25) is 9.59 Å². The summed E-state index contributed by atoms with van der Waals surface area (Å²) in [6, 6.07) is 6.62. The second-order valence-corrected chi connectivity index (χ2v) is 6.38. The van der Waals surface area contributed by atoms with Gasteiger partial charge in [0.1, 0.15) is 0 Å². The van der Waals surface area contributed by atoms with Gasteiger partial charge in [-0.25, -0.2) is 0 Å². The molecule has 0 N–H and O–H groups in total. The van der Waals surface area contributed by atoms with E-state index in [-0.39, 0.29) is 17.1 Å². The van der Waals surface area contributed by atoms with E-state index in [1.807, 2.05) is 20.8 Å². The lowest BCUT2D eigenvalue weighted by Crippen LogP contribution is -2.31. The fourth-order valence-electron chi connectivity index (χ4n) is 2.13. The number of hydrogen-bond acceptors (Lipinski definition) is 3. The number of allylic oxidation sites excluding steroid dienone is 1. The summed E-state index contributed by atoms with van der Waals surface area (Å²) >= 11 is 5.86. The fraction of sp³-hybridized carbons (Fsp3) is 0.444. The molecule has 0 unspecified atom stereocenters. The van der Waals surface area contributed by atoms with Crippen molar-refractivity contribution in [1.29, 1.82) is 0 Å². The highest BCUT2D eigenvalue weighted by atomic mass is 35.5. The second kappa shape index (κ2) is 7.59. The molecule has 0 heterocycles. The molecule has 0 aliphatic heterocycles. The van der Waals surface area contributed by atoms with Gasteiger partial charge in [0, 0.05) is 36.3 Å². The minimum Gasteiger partial charge on any atom is -0.383 e. The van der Waals surface area contributed by atoms with E-state index in [0.29, 0.717) is 23.4 Å². The van der Waals surface area contributed by atoms with Gasteiger partial charge in [-0.05, 0) is 37.1 Å². The Hall–Kier alpha value is -1.61. The topological polar surface area (TPSA) is 37.4 Å². The van der Waals surface area contributed by atoms with Crippen LogP contribution in [0.2, 0.25) is 5.02 Å². The van der Waals surface area contributed by atoms with Crippen LogP contribution in [-0.4, -0.2) is 30.6 Å². The Balaban J connectivity index is 3.27. The lowest BCUT2D eigenvalue weighted by atomic mass is 9.76. The number of carbonyl (C=O) groups is 2. The first-order valence-electron chi connectivity index (χ1n) is 7.48. The van der Waals surface area contributed by atoms with Gasteiger partial charge in [0.25, 0.3) is 0 Å². The van der Waals surface area contributed by atoms with Crippen LogP contribution >= 0.6 is 11.6 Å². The molecule has 0 aromatic heterocycles. The highest BCUT2D eigenvalue weighted by Crippen LogP contribution is 2.31. The third-order valence-corrected chi connectivity index (χ3v) is 4.34. The lowest BCUT2D eigenvalue weighted by molar-refractivity contribution is -0.124. The Kier molecular flexibility index (Phi) is 6.36. The summed E-state index contributed by atoms with van der Waals surface area (Å²) in [4.78, 5) is 27.4. The summed E-state index contributed by atoms with van der Waals surface area (Å²) in [5.41, 5.74) is 0.170. The molecule has 0 bridgehead atoms. The van der Waals surface area contributed by atoms with Gasteiger partial charge in [0.15, 0.2) is 11.6 Å². The number of carbonyl (C=O) groups excluding carboxylic acids is 2. The molecule has 120 valence electrons. The Morgan fingerprint density at radius 3 is 2.05 bits per heavy atom. The number of rotatable bonds is 7. The van der Waals surface area contributed by atoms with Crippen molar-refractivity contribution in [3.8, 4) is 0 Å². The number of halogens is 1. The molecule has 0 fully saturated rings. The molecule has 4 heteroatoms. The molecule has 1 aromatic carbocycles. The highest BCUT2D eigenvalue weighted by Gasteiger charge is 2.34. The fourth-order valence-corrected chi connectivity index (χ4v) is 2.26. The first kappa shape index (κ1) is 18.4. The lowest BCUT2D eigenvalue weighted by Gasteiger charge is -2.26. The van der Waals surface area contributed by atoms with Crippen molar-refractivity contribution in [2.75, 3.05) is 14.1 Å². The largest absolute Gasteiger partial charge is 0.383 e. The van der Waals surface area contributed by atoms with E-state index in [0.717, 1.165) is 0 Å². The monoisotopic (exact) mass is 321 g/mol. The molecule has 0 spiro atoms. The standard InChI is InChI=1S/C18H24ClNO2/c1-6-18(3,7-2)17(22)15(12-20(4)5)16(21)13-8-10-14(19)11-9-13/h8-12H,6-7H2,1-5H3. The number of ketones is 2. The second-order valence-electron chi connectivity index (χ2n) is 5.94. The summed E-state index contributed by atoms with van der Waals surface area (Å²) in [6.07, 6.45) is 3.00. The average molecular weight is 322 g/mol. The molecule has 0 atom stereocenters. The van der Waals surface area contributed by atoms with Crippen molar-refractivity contribution in [2.24, 2.45) is 5.41 Å². The highest BCUT2D eigenvalue weighted by molar-refractivity contribution is 6.31. The van der Waals surface area contributed by atoms with Gasteiger partial charge in [-0.1, -0.05) is 32.4 Å². The van der Waals surface area contributed by atoms with Gasteiger partial charge < -0.3 is 4.90 Å². The molecule has 1 rings (SSSR count). The molecular weight excluding hydrogens is 298 g/mol. The molecule has 0 saturated carbocycles. The zero-order valence-electron chi connectivity index (χ0n) is 13.9. The SMILES string of the molecule is CCC(C)(CC)C(=O)C(=CN(C)C)C(=O)c1ccc(Cl)cc1. The van der Waals surface area contributed by atoms with Crippen molar-refractivity contribution in [3.05, 3.63) is 46.6 Å². The van der Waals surface area contributed by atoms with Crippen LogP contribution in [0.5, 0.6) is 0 Å². The van der Waals surface area contributed by atoms with E-state index in [9.17, 15) is 9.59 Å². The van der Waals surface area contributed by atoms with Crippen LogP contribution in [-0.2, 0) is 4.79 Å². The quantitative estimate of drug-likeness (QED) is 0.324. The van der Waals surface area contributed by atoms with E-state index in [4.69, 9.17) is 11.6 Å². The Morgan fingerprint density at radius 2 is 1.64 bits per heavy atom. The Morgan fingerprint density at radius 1 is 1.14 bits per heavy atom. The third kappa shape index (κ3) is 4.20. The van der Waals surface area contributed by atoms with Crippen molar-refractivity contribution in [3.63, 3.8) is 0 Å². The van der Waals surface area contributed by atoms with Crippen molar-refractivity contribution in [1.82, 2.24) is 4.90 Å². The van der Waals surface area contributed by atoms with Crippen LogP contribution in [0.4, 0.5) is 0 Å². The Labute approximate surface area is 138 Å². The summed E-state index contributed by atoms with van der Waals surface area (Å²) in [5, 5.41) is 0.563. The van der Waals surface area contributed by atoms with E-state index < -0.39 is 5.41 Å². The smallest absolute Gasteiger partial charge is 0.198 e. The summed E-state index contributed by atoms with van der Waals surface area (Å²) < 4.78 is 0. The van der Waals surface area contributed by atoms with Crippen LogP contribution in [0.25, 0.3) is 0 Å². The number of nitrogens with zero attached hydrogens (tertiary/aromatic N) is 1. The predicted octanol–water partition coefficient (Wildman–Crippen LogP) is 4.36. The molecule has 1 aromatic rings. The first-order chi connectivity index (χ1) is 10.2. The Bertz CT molecular complexity index is 569. The zero-order valence-corrected chi connectivity index (χ0v) is 14.7. The number of hydrogen-bond donors (Lipinski definition) is 0. The van der Waals surface area contributed by atoms with E-state index in [1.165, 1.54) is 0 Å². The molecule has 0 amide bonds. The zero-order chi connectivity index (χ0) is 16.9. The van der Waals surface area contributed by atoms with Crippen molar-refractivity contribution in [2.45, 2.75) is 33.6 Å². The maximum absolute atomic E-state index is 12.9. The number of Topliss-reactive ketones (excluding diaryl/α,β-unsaturated/α-hetero) is 2. The molecule has 0 aliphatic carbocycles. The van der Waals surface area contributed by atoms with Crippen LogP contribution in [0.1, 0.15) is 44.0 Å². The van der Waals surface area contributed by atoms with Gasteiger partial charge in [0.2, 0.25) is 0 Å². The molecule has 22 heavy (non-hydrogen) atoms. The first-order valence-corrected chi connectivity index (χ1v) is 7.86. The maximum atomic E-state index is 12.9. The maximum Gasteiger partial charge on any atom is 0.198 e. The van der Waals surface area contributed by atoms with Crippen molar-refractivity contribution >= 4 is 23.2 Å². The van der Waals surface area contributed by atoms with Crippen LogP contribution in [0, 0.1) is 5.41 Å². The van der Waals surface area contributed by atoms with Crippen LogP contribution < -0.4 is 0 Å². The van der Waals surface area contributed by atoms with Gasteiger partial charge >= 0.3 is 0 Å². The van der Waals surface area contributed by atoms with Gasteiger partial charge in [0.05, 0.1) is 5.57 Å². The molecule has 0 saturated heterocycles. The predicted molar refractivity (Wildman–Crippen MR) is 91.2 cm³/mol.